The van der Waals surface area contributed by atoms with Crippen LogP contribution in [-0.4, -0.2) is 17.8 Å². The van der Waals surface area contributed by atoms with Gasteiger partial charge in [0, 0.05) is 0 Å². The van der Waals surface area contributed by atoms with E-state index in [1.807, 2.05) is 18.2 Å². The van der Waals surface area contributed by atoms with Crippen LogP contribution in [0.5, 0.6) is 0 Å². The molecule has 0 aromatic heterocycles. The molecule has 0 fully saturated rings. The number of benzene rings is 1. The molecule has 1 aromatic rings. The normalized spacial score (nSPS) is 19.1. The minimum Gasteiger partial charge on any atom is -0.501 e. The van der Waals surface area contributed by atoms with Gasteiger partial charge in [-0.15, -0.1) is 0 Å². The molecule has 1 aliphatic heterocycles. The summed E-state index contributed by atoms with van der Waals surface area (Å²) in [6.07, 6.45) is 4.11. The first kappa shape index (κ1) is 12.2. The maximum Gasteiger partial charge on any atom is 0.0876 e. The molecule has 0 aliphatic carbocycles. The van der Waals surface area contributed by atoms with E-state index in [0.29, 0.717) is 5.92 Å². The third-order valence-electron chi connectivity index (χ3n) is 3.34. The molecule has 17 heavy (non-hydrogen) atoms. The van der Waals surface area contributed by atoms with E-state index in [2.05, 4.69) is 19.1 Å². The summed E-state index contributed by atoms with van der Waals surface area (Å²) in [5.41, 5.74) is 2.32. The monoisotopic (exact) mass is 232 g/mol. The first-order chi connectivity index (χ1) is 8.27. The molecule has 2 unspecified atom stereocenters. The average molecular weight is 232 g/mol. The fourth-order valence-corrected chi connectivity index (χ4v) is 2.23. The van der Waals surface area contributed by atoms with Crippen molar-refractivity contribution < 1.29 is 9.84 Å². The summed E-state index contributed by atoms with van der Waals surface area (Å²) < 4.78 is 5.27. The number of ether oxygens (including phenoxy) is 1. The Kier molecular flexibility index (Phi) is 4.21. The van der Waals surface area contributed by atoms with E-state index in [1.54, 1.807) is 6.26 Å². The molecule has 1 N–H and O–H groups in total. The zero-order chi connectivity index (χ0) is 12.1. The number of aliphatic hydroxyl groups excluding tert-OH is 1. The third-order valence-corrected chi connectivity index (χ3v) is 3.34. The van der Waals surface area contributed by atoms with Crippen LogP contribution in [0.2, 0.25) is 0 Å². The Hall–Kier alpha value is -1.28. The summed E-state index contributed by atoms with van der Waals surface area (Å²) >= 11 is 0. The summed E-state index contributed by atoms with van der Waals surface area (Å²) in [6.45, 7) is 2.94. The number of hydrogen-bond donors (Lipinski definition) is 1. The molecule has 1 aliphatic rings. The highest BCUT2D eigenvalue weighted by Gasteiger charge is 2.17. The molecule has 2 nitrogen and oxygen atoms in total. The van der Waals surface area contributed by atoms with Gasteiger partial charge in [-0.1, -0.05) is 37.3 Å². The molecule has 92 valence electrons. The summed E-state index contributed by atoms with van der Waals surface area (Å²) in [4.78, 5) is 0. The third kappa shape index (κ3) is 3.34. The van der Waals surface area contributed by atoms with Gasteiger partial charge in [0.1, 0.15) is 0 Å². The Morgan fingerprint density at radius 1 is 1.29 bits per heavy atom. The average Bonchev–Trinajstić information content (AvgIpc) is 2.40. The molecule has 0 saturated heterocycles. The van der Waals surface area contributed by atoms with Crippen LogP contribution in [0.1, 0.15) is 37.7 Å². The minimum atomic E-state index is -0.370. The molecule has 2 rings (SSSR count). The van der Waals surface area contributed by atoms with Crippen molar-refractivity contribution in [3.05, 3.63) is 47.7 Å². The summed E-state index contributed by atoms with van der Waals surface area (Å²) in [5.74, 6) is 0.369. The predicted octanol–water partition coefficient (Wildman–Crippen LogP) is 3.24. The lowest BCUT2D eigenvalue weighted by atomic mass is 9.91. The van der Waals surface area contributed by atoms with Crippen molar-refractivity contribution >= 4 is 0 Å². The topological polar surface area (TPSA) is 29.5 Å². The lowest BCUT2D eigenvalue weighted by Gasteiger charge is -2.21. The Labute approximate surface area is 103 Å². The highest BCUT2D eigenvalue weighted by Crippen LogP contribution is 2.25. The zero-order valence-electron chi connectivity index (χ0n) is 10.3. The molecule has 0 bridgehead atoms. The van der Waals surface area contributed by atoms with Gasteiger partial charge in [0.2, 0.25) is 0 Å². The van der Waals surface area contributed by atoms with Crippen LogP contribution in [0.25, 0.3) is 0 Å². The molecule has 0 radical (unpaired) electrons. The fraction of sp³-hybridized carbons (Fsp3) is 0.467. The highest BCUT2D eigenvalue weighted by atomic mass is 16.5. The lowest BCUT2D eigenvalue weighted by molar-refractivity contribution is 0.157. The Morgan fingerprint density at radius 2 is 2.06 bits per heavy atom. The van der Waals surface area contributed by atoms with Crippen molar-refractivity contribution in [3.8, 4) is 0 Å². The fourth-order valence-electron chi connectivity index (χ4n) is 2.23. The van der Waals surface area contributed by atoms with Crippen molar-refractivity contribution in [2.45, 2.75) is 38.2 Å². The quantitative estimate of drug-likeness (QED) is 0.863. The van der Waals surface area contributed by atoms with Gasteiger partial charge in [0.25, 0.3) is 0 Å². The van der Waals surface area contributed by atoms with E-state index in [4.69, 9.17) is 4.74 Å². The van der Waals surface area contributed by atoms with Gasteiger partial charge in [-0.05, 0) is 36.3 Å². The van der Waals surface area contributed by atoms with Crippen LogP contribution >= 0.6 is 0 Å². The summed E-state index contributed by atoms with van der Waals surface area (Å²) in [5, 5.41) is 10.2. The second kappa shape index (κ2) is 5.87. The molecule has 0 amide bonds. The molecular weight excluding hydrogens is 212 g/mol. The van der Waals surface area contributed by atoms with E-state index >= 15 is 0 Å². The molecule has 1 heterocycles. The minimum absolute atomic E-state index is 0.369. The number of aliphatic hydroxyl groups is 1. The first-order valence-corrected chi connectivity index (χ1v) is 6.31. The Bertz CT molecular complexity index is 370. The summed E-state index contributed by atoms with van der Waals surface area (Å²) in [7, 11) is 0. The van der Waals surface area contributed by atoms with Crippen molar-refractivity contribution in [1.82, 2.24) is 0 Å². The largest absolute Gasteiger partial charge is 0.501 e. The highest BCUT2D eigenvalue weighted by molar-refractivity contribution is 5.20. The van der Waals surface area contributed by atoms with Gasteiger partial charge in [0.05, 0.1) is 19.0 Å². The lowest BCUT2D eigenvalue weighted by Crippen LogP contribution is -2.17. The predicted molar refractivity (Wildman–Crippen MR) is 68.7 cm³/mol. The maximum absolute atomic E-state index is 10.2. The van der Waals surface area contributed by atoms with E-state index in [-0.39, 0.29) is 6.10 Å². The van der Waals surface area contributed by atoms with E-state index in [0.717, 1.165) is 31.4 Å². The molecule has 0 saturated carbocycles. The van der Waals surface area contributed by atoms with Crippen molar-refractivity contribution in [2.75, 3.05) is 6.61 Å². The second-order valence-electron chi connectivity index (χ2n) is 4.73. The Balaban J connectivity index is 1.94. The van der Waals surface area contributed by atoms with Crippen LogP contribution in [0.4, 0.5) is 0 Å². The van der Waals surface area contributed by atoms with Gasteiger partial charge in [-0.25, -0.2) is 0 Å². The second-order valence-corrected chi connectivity index (χ2v) is 4.73. The van der Waals surface area contributed by atoms with Crippen LogP contribution in [0.15, 0.2) is 42.2 Å². The molecule has 2 heteroatoms. The van der Waals surface area contributed by atoms with Gasteiger partial charge in [-0.3, -0.25) is 0 Å². The van der Waals surface area contributed by atoms with Crippen LogP contribution in [0.3, 0.4) is 0 Å². The van der Waals surface area contributed by atoms with Gasteiger partial charge in [0.15, 0.2) is 0 Å². The molecular formula is C15H20O2. The van der Waals surface area contributed by atoms with Crippen molar-refractivity contribution in [2.24, 2.45) is 0 Å². The molecule has 1 aromatic carbocycles. The van der Waals surface area contributed by atoms with E-state index in [1.165, 1.54) is 5.56 Å². The number of rotatable bonds is 4. The number of hydrogen-bond acceptors (Lipinski definition) is 2. The van der Waals surface area contributed by atoms with Crippen molar-refractivity contribution in [1.29, 1.82) is 0 Å². The van der Waals surface area contributed by atoms with E-state index < -0.39 is 0 Å². The van der Waals surface area contributed by atoms with Gasteiger partial charge < -0.3 is 9.84 Å². The van der Waals surface area contributed by atoms with Crippen molar-refractivity contribution in [3.63, 3.8) is 0 Å². The molecule has 0 spiro atoms. The zero-order valence-corrected chi connectivity index (χ0v) is 10.3. The van der Waals surface area contributed by atoms with Gasteiger partial charge >= 0.3 is 0 Å². The van der Waals surface area contributed by atoms with Crippen LogP contribution in [-0.2, 0) is 4.74 Å². The molecule has 2 atom stereocenters. The SMILES string of the molecule is CC(CC(O)C1=COCCC1)c1ccccc1. The standard InChI is InChI=1S/C15H20O2/c1-12(13-6-3-2-4-7-13)10-15(16)14-8-5-9-17-11-14/h2-4,6-7,11-12,15-16H,5,8-10H2,1H3. The smallest absolute Gasteiger partial charge is 0.0876 e. The van der Waals surface area contributed by atoms with Gasteiger partial charge in [-0.2, -0.15) is 0 Å². The van der Waals surface area contributed by atoms with Crippen LogP contribution < -0.4 is 0 Å². The Morgan fingerprint density at radius 3 is 2.71 bits per heavy atom. The summed E-state index contributed by atoms with van der Waals surface area (Å²) in [6, 6.07) is 10.3. The van der Waals surface area contributed by atoms with E-state index in [9.17, 15) is 5.11 Å². The maximum atomic E-state index is 10.2. The first-order valence-electron chi connectivity index (χ1n) is 6.31. The van der Waals surface area contributed by atoms with Crippen LogP contribution in [0, 0.1) is 0 Å².